The summed E-state index contributed by atoms with van der Waals surface area (Å²) in [5, 5.41) is 4.85. The third kappa shape index (κ3) is 4.83. The summed E-state index contributed by atoms with van der Waals surface area (Å²) in [6.45, 7) is 7.45. The van der Waals surface area contributed by atoms with Crippen molar-refractivity contribution in [1.29, 1.82) is 0 Å². The van der Waals surface area contributed by atoms with Gasteiger partial charge >= 0.3 is 0 Å². The molecule has 0 aliphatic carbocycles. The Kier molecular flexibility index (Phi) is 5.94. The average molecular weight is 370 g/mol. The number of anilines is 2. The normalized spacial score (nSPS) is 19.7. The molecule has 1 aromatic carbocycles. The predicted molar refractivity (Wildman–Crippen MR) is 112 cm³/mol. The van der Waals surface area contributed by atoms with Gasteiger partial charge in [-0.3, -0.25) is 4.99 Å². The highest BCUT2D eigenvalue weighted by Crippen LogP contribution is 2.32. The van der Waals surface area contributed by atoms with Crippen LogP contribution in [0.15, 0.2) is 35.5 Å². The van der Waals surface area contributed by atoms with Crippen LogP contribution in [-0.2, 0) is 0 Å². The lowest BCUT2D eigenvalue weighted by Gasteiger charge is -2.16. The van der Waals surface area contributed by atoms with E-state index in [-0.39, 0.29) is 0 Å². The summed E-state index contributed by atoms with van der Waals surface area (Å²) in [5.74, 6) is 0.611. The SMILES string of the molecule is Cc1cc(C)cc(Nc2nccc(C3=NC(C)C(CCN(C)C)S3)n2)c1. The molecule has 2 heterocycles. The van der Waals surface area contributed by atoms with Gasteiger partial charge in [0, 0.05) is 17.1 Å². The van der Waals surface area contributed by atoms with Gasteiger partial charge in [-0.2, -0.15) is 0 Å². The minimum absolute atomic E-state index is 0.320. The molecule has 26 heavy (non-hydrogen) atoms. The lowest BCUT2D eigenvalue weighted by molar-refractivity contribution is 0.392. The monoisotopic (exact) mass is 369 g/mol. The van der Waals surface area contributed by atoms with Crippen LogP contribution < -0.4 is 5.32 Å². The van der Waals surface area contributed by atoms with E-state index >= 15 is 0 Å². The molecule has 1 aliphatic rings. The van der Waals surface area contributed by atoms with Gasteiger partial charge in [0.25, 0.3) is 0 Å². The molecule has 1 aromatic heterocycles. The van der Waals surface area contributed by atoms with Crippen LogP contribution in [-0.4, -0.2) is 51.8 Å². The predicted octanol–water partition coefficient (Wildman–Crippen LogP) is 4.04. The minimum atomic E-state index is 0.320. The molecular formula is C20H27N5S. The van der Waals surface area contributed by atoms with Crippen molar-refractivity contribution in [2.24, 2.45) is 4.99 Å². The lowest BCUT2D eigenvalue weighted by Crippen LogP contribution is -2.22. The second-order valence-electron chi connectivity index (χ2n) is 7.19. The molecule has 0 fully saturated rings. The second kappa shape index (κ2) is 8.18. The van der Waals surface area contributed by atoms with E-state index in [1.54, 1.807) is 6.20 Å². The van der Waals surface area contributed by atoms with Crippen molar-refractivity contribution in [3.05, 3.63) is 47.3 Å². The number of benzene rings is 1. The van der Waals surface area contributed by atoms with Gasteiger partial charge in [0.05, 0.1) is 6.04 Å². The van der Waals surface area contributed by atoms with Crippen LogP contribution in [0.3, 0.4) is 0 Å². The number of aromatic nitrogens is 2. The van der Waals surface area contributed by atoms with Crippen molar-refractivity contribution >= 4 is 28.4 Å². The molecule has 0 bridgehead atoms. The molecule has 0 spiro atoms. The number of hydrogen-bond donors (Lipinski definition) is 1. The van der Waals surface area contributed by atoms with Crippen LogP contribution >= 0.6 is 11.8 Å². The van der Waals surface area contributed by atoms with Crippen molar-refractivity contribution in [2.75, 3.05) is 26.0 Å². The third-order valence-corrected chi connectivity index (χ3v) is 5.81. The first kappa shape index (κ1) is 18.9. The van der Waals surface area contributed by atoms with Gasteiger partial charge in [-0.05, 0) is 77.2 Å². The number of nitrogens with zero attached hydrogens (tertiary/aromatic N) is 4. The number of aryl methyl sites for hydroxylation is 2. The van der Waals surface area contributed by atoms with Gasteiger partial charge in [0.1, 0.15) is 10.7 Å². The van der Waals surface area contributed by atoms with E-state index < -0.39 is 0 Å². The summed E-state index contributed by atoms with van der Waals surface area (Å²) in [4.78, 5) is 16.1. The maximum Gasteiger partial charge on any atom is 0.227 e. The van der Waals surface area contributed by atoms with Crippen LogP contribution in [0.25, 0.3) is 0 Å². The van der Waals surface area contributed by atoms with Crippen molar-refractivity contribution in [1.82, 2.24) is 14.9 Å². The van der Waals surface area contributed by atoms with E-state index in [0.29, 0.717) is 17.2 Å². The van der Waals surface area contributed by atoms with Crippen molar-refractivity contribution < 1.29 is 0 Å². The smallest absolute Gasteiger partial charge is 0.227 e. The molecule has 1 N–H and O–H groups in total. The first-order valence-electron chi connectivity index (χ1n) is 8.98. The van der Waals surface area contributed by atoms with Crippen LogP contribution in [0.5, 0.6) is 0 Å². The highest BCUT2D eigenvalue weighted by molar-refractivity contribution is 8.15. The third-order valence-electron chi connectivity index (χ3n) is 4.34. The number of rotatable bonds is 6. The number of hydrogen-bond acceptors (Lipinski definition) is 6. The summed E-state index contributed by atoms with van der Waals surface area (Å²) in [5.41, 5.74) is 4.35. The zero-order valence-corrected chi connectivity index (χ0v) is 17.0. The summed E-state index contributed by atoms with van der Waals surface area (Å²) in [6.07, 6.45) is 2.93. The molecule has 5 nitrogen and oxygen atoms in total. The standard InChI is InChI=1S/C20H27N5S/c1-13-10-14(2)12-16(11-13)23-20-21-8-6-17(24-20)19-22-15(3)18(26-19)7-9-25(4)5/h6,8,10-12,15,18H,7,9H2,1-5H3,(H,21,23,24). The molecule has 2 atom stereocenters. The summed E-state index contributed by atoms with van der Waals surface area (Å²) in [7, 11) is 4.23. The molecule has 3 rings (SSSR count). The first-order chi connectivity index (χ1) is 12.4. The molecule has 2 unspecified atom stereocenters. The van der Waals surface area contributed by atoms with E-state index in [2.05, 4.69) is 73.3 Å². The van der Waals surface area contributed by atoms with Gasteiger partial charge in [-0.25, -0.2) is 9.97 Å². The zero-order chi connectivity index (χ0) is 18.7. The van der Waals surface area contributed by atoms with Gasteiger partial charge in [0.2, 0.25) is 5.95 Å². The lowest BCUT2D eigenvalue weighted by atomic mass is 10.1. The quantitative estimate of drug-likeness (QED) is 0.833. The van der Waals surface area contributed by atoms with E-state index in [4.69, 9.17) is 4.99 Å². The Bertz CT molecular complexity index is 782. The highest BCUT2D eigenvalue weighted by atomic mass is 32.2. The van der Waals surface area contributed by atoms with Crippen LogP contribution in [0.1, 0.15) is 30.2 Å². The molecule has 0 saturated carbocycles. The van der Waals surface area contributed by atoms with Gasteiger partial charge in [0.15, 0.2) is 0 Å². The van der Waals surface area contributed by atoms with Gasteiger partial charge in [-0.1, -0.05) is 17.8 Å². The van der Waals surface area contributed by atoms with Crippen molar-refractivity contribution in [3.63, 3.8) is 0 Å². The summed E-state index contributed by atoms with van der Waals surface area (Å²) in [6, 6.07) is 8.62. The first-order valence-corrected chi connectivity index (χ1v) is 9.86. The van der Waals surface area contributed by atoms with Crippen LogP contribution in [0.2, 0.25) is 0 Å². The fourth-order valence-corrected chi connectivity index (χ4v) is 4.30. The number of thioether (sulfide) groups is 1. The van der Waals surface area contributed by atoms with Crippen molar-refractivity contribution in [3.8, 4) is 0 Å². The Morgan fingerprint density at radius 2 is 1.88 bits per heavy atom. The van der Waals surface area contributed by atoms with Crippen LogP contribution in [0, 0.1) is 13.8 Å². The maximum absolute atomic E-state index is 4.84. The largest absolute Gasteiger partial charge is 0.324 e. The minimum Gasteiger partial charge on any atom is -0.324 e. The topological polar surface area (TPSA) is 53.4 Å². The highest BCUT2D eigenvalue weighted by Gasteiger charge is 2.28. The molecule has 0 amide bonds. The zero-order valence-electron chi connectivity index (χ0n) is 16.2. The number of aliphatic imine (C=N–C) groups is 1. The molecule has 0 saturated heterocycles. The Balaban J connectivity index is 1.72. The van der Waals surface area contributed by atoms with E-state index in [1.165, 1.54) is 11.1 Å². The Morgan fingerprint density at radius 1 is 1.15 bits per heavy atom. The molecule has 6 heteroatoms. The molecule has 1 aliphatic heterocycles. The van der Waals surface area contributed by atoms with E-state index in [9.17, 15) is 0 Å². The van der Waals surface area contributed by atoms with Crippen molar-refractivity contribution in [2.45, 2.75) is 38.5 Å². The fraction of sp³-hybridized carbons (Fsp3) is 0.450. The summed E-state index contributed by atoms with van der Waals surface area (Å²) < 4.78 is 0. The molecule has 138 valence electrons. The summed E-state index contributed by atoms with van der Waals surface area (Å²) >= 11 is 1.84. The molecule has 0 radical (unpaired) electrons. The average Bonchev–Trinajstić information content (AvgIpc) is 2.93. The van der Waals surface area contributed by atoms with E-state index in [0.717, 1.165) is 29.4 Å². The molecule has 2 aromatic rings. The van der Waals surface area contributed by atoms with Gasteiger partial charge < -0.3 is 10.2 Å². The Labute approximate surface area is 160 Å². The van der Waals surface area contributed by atoms with Crippen LogP contribution in [0.4, 0.5) is 11.6 Å². The molecular weight excluding hydrogens is 342 g/mol. The van der Waals surface area contributed by atoms with E-state index in [1.807, 2.05) is 17.8 Å². The Hall–Kier alpha value is -1.92. The second-order valence-corrected chi connectivity index (χ2v) is 8.42. The maximum atomic E-state index is 4.84. The fourth-order valence-electron chi connectivity index (χ4n) is 3.07. The Morgan fingerprint density at radius 3 is 2.58 bits per heavy atom. The van der Waals surface area contributed by atoms with Gasteiger partial charge in [-0.15, -0.1) is 0 Å². The number of nitrogens with one attached hydrogen (secondary N) is 1.